The van der Waals surface area contributed by atoms with Crippen molar-refractivity contribution < 1.29 is 59.3 Å². The van der Waals surface area contributed by atoms with E-state index in [0.29, 0.717) is 65.4 Å². The minimum atomic E-state index is -4.47. The molecule has 1 saturated carbocycles. The summed E-state index contributed by atoms with van der Waals surface area (Å²) in [4.78, 5) is 40.3. The van der Waals surface area contributed by atoms with E-state index >= 15 is 0 Å². The van der Waals surface area contributed by atoms with E-state index in [1.54, 1.807) is 38.5 Å². The summed E-state index contributed by atoms with van der Waals surface area (Å²) in [6.45, 7) is 7.68. The number of carbonyl (C=O) groups excluding carboxylic acids is 3. The average Bonchev–Trinajstić information content (AvgIpc) is 3.87. The predicted molar refractivity (Wildman–Crippen MR) is 270 cm³/mol. The Labute approximate surface area is 418 Å². The Bertz CT molecular complexity index is 2730. The summed E-state index contributed by atoms with van der Waals surface area (Å²) in [6, 6.07) is 18.2. The van der Waals surface area contributed by atoms with Gasteiger partial charge in [0, 0.05) is 87.5 Å². The molecule has 1 spiro atoms. The number of fused-ring (bicyclic) bond motifs is 3. The zero-order chi connectivity index (χ0) is 50.8. The fraction of sp³-hybridized carbons (Fsp3) is 0.509. The molecule has 2 amide bonds. The van der Waals surface area contributed by atoms with E-state index < -0.39 is 25.6 Å². The van der Waals surface area contributed by atoms with E-state index in [1.807, 2.05) is 26.0 Å². The van der Waals surface area contributed by atoms with Crippen LogP contribution in [0.3, 0.4) is 0 Å². The Hall–Kier alpha value is -4.92. The van der Waals surface area contributed by atoms with Crippen LogP contribution < -0.4 is 9.62 Å². The van der Waals surface area contributed by atoms with Crippen molar-refractivity contribution in [1.29, 1.82) is 0 Å². The number of amides is 2. The fourth-order valence-corrected chi connectivity index (χ4v) is 12.0. The number of hydrogen-bond acceptors (Lipinski definition) is 12. The van der Waals surface area contributed by atoms with Gasteiger partial charge in [0.15, 0.2) is 11.5 Å². The fourth-order valence-electron chi connectivity index (χ4n) is 10.4. The summed E-state index contributed by atoms with van der Waals surface area (Å²) in [5.41, 5.74) is 6.92. The molecular formula is C53H69N4O12S2+. The highest BCUT2D eigenvalue weighted by atomic mass is 32.2. The highest BCUT2D eigenvalue weighted by molar-refractivity contribution is 7.89. The van der Waals surface area contributed by atoms with Crippen molar-refractivity contribution in [2.75, 3.05) is 84.9 Å². The van der Waals surface area contributed by atoms with Crippen LogP contribution >= 0.6 is 0 Å². The zero-order valence-electron chi connectivity index (χ0n) is 41.5. The van der Waals surface area contributed by atoms with E-state index in [2.05, 4.69) is 50.6 Å². The van der Waals surface area contributed by atoms with E-state index in [9.17, 15) is 35.8 Å². The quantitative estimate of drug-likeness (QED) is 0.0360. The van der Waals surface area contributed by atoms with Gasteiger partial charge in [-0.1, -0.05) is 43.5 Å². The molecule has 0 bridgehead atoms. The van der Waals surface area contributed by atoms with Crippen LogP contribution in [-0.4, -0.2) is 134 Å². The highest BCUT2D eigenvalue weighted by Gasteiger charge is 2.48. The molecule has 0 aromatic heterocycles. The first kappa shape index (κ1) is 53.9. The molecule has 3 heterocycles. The lowest BCUT2D eigenvalue weighted by atomic mass is 9.68. The van der Waals surface area contributed by atoms with Crippen LogP contribution in [-0.2, 0) is 64.3 Å². The third-order valence-electron chi connectivity index (χ3n) is 14.1. The normalized spacial score (nSPS) is 18.2. The summed E-state index contributed by atoms with van der Waals surface area (Å²) >= 11 is 0. The molecule has 18 heteroatoms. The average molecular weight is 1020 g/mol. The summed E-state index contributed by atoms with van der Waals surface area (Å²) in [7, 11) is -4.99. The molecule has 2 fully saturated rings. The maximum absolute atomic E-state index is 13.1. The molecule has 3 aromatic carbocycles. The van der Waals surface area contributed by atoms with Gasteiger partial charge >= 0.3 is 0 Å². The number of nitrogens with one attached hydrogen (secondary N) is 1. The molecular weight excluding hydrogens is 949 g/mol. The van der Waals surface area contributed by atoms with E-state index in [4.69, 9.17) is 18.9 Å². The second-order valence-corrected chi connectivity index (χ2v) is 22.3. The van der Waals surface area contributed by atoms with E-state index in [1.165, 1.54) is 11.6 Å². The van der Waals surface area contributed by atoms with Gasteiger partial charge in [0.05, 0.1) is 61.4 Å². The molecule has 4 aliphatic rings. The number of rotatable bonds is 26. The molecule has 1 aliphatic carbocycles. The third-order valence-corrected chi connectivity index (χ3v) is 16.5. The van der Waals surface area contributed by atoms with Crippen LogP contribution in [0.25, 0.3) is 11.1 Å². The number of sulfonamides is 1. The van der Waals surface area contributed by atoms with Crippen molar-refractivity contribution in [3.05, 3.63) is 95.7 Å². The Morgan fingerprint density at radius 3 is 2.10 bits per heavy atom. The van der Waals surface area contributed by atoms with Crippen LogP contribution in [0.4, 0.5) is 11.4 Å². The molecule has 0 unspecified atom stereocenters. The third kappa shape index (κ3) is 12.5. The number of likely N-dealkylation sites (tertiary alicyclic amines) is 1. The zero-order valence-corrected chi connectivity index (χ0v) is 43.1. The molecule has 0 atom stereocenters. The summed E-state index contributed by atoms with van der Waals surface area (Å²) < 4.78 is 87.6. The molecule has 0 radical (unpaired) electrons. The van der Waals surface area contributed by atoms with Crippen LogP contribution in [0.15, 0.2) is 94.4 Å². The van der Waals surface area contributed by atoms with Gasteiger partial charge in [-0.25, -0.2) is 13.1 Å². The van der Waals surface area contributed by atoms with Gasteiger partial charge in [0.2, 0.25) is 27.5 Å². The highest BCUT2D eigenvalue weighted by Crippen LogP contribution is 2.56. The Kier molecular flexibility index (Phi) is 18.0. The second-order valence-electron chi connectivity index (χ2n) is 19.1. The number of ketones is 1. The number of Topliss-reactive ketones (excluding diaryl/α,β-unsaturated/α-hetero) is 1. The number of imide groups is 1. The molecule has 16 nitrogen and oxygen atoms in total. The minimum Gasteiger partial charge on any atom is -0.382 e. The predicted octanol–water partition coefficient (Wildman–Crippen LogP) is 7.02. The molecule has 7 rings (SSSR count). The van der Waals surface area contributed by atoms with Crippen molar-refractivity contribution in [3.8, 4) is 11.1 Å². The first-order valence-electron chi connectivity index (χ1n) is 24.7. The summed E-state index contributed by atoms with van der Waals surface area (Å²) in [5.74, 6) is -0.751. The first-order valence-corrected chi connectivity index (χ1v) is 27.6. The van der Waals surface area contributed by atoms with Crippen molar-refractivity contribution >= 4 is 54.8 Å². The molecule has 2 N–H and O–H groups in total. The topological polar surface area (TPSA) is 198 Å². The second kappa shape index (κ2) is 23.7. The number of benzene rings is 3. The molecule has 3 aliphatic heterocycles. The van der Waals surface area contributed by atoms with Crippen LogP contribution in [0.5, 0.6) is 0 Å². The Balaban J connectivity index is 1.18. The van der Waals surface area contributed by atoms with Gasteiger partial charge in [0.25, 0.3) is 10.1 Å². The number of hydrogen-bond donors (Lipinski definition) is 2. The summed E-state index contributed by atoms with van der Waals surface area (Å²) in [5, 5.41) is 0. The number of allylic oxidation sites excluding steroid dienone is 4. The van der Waals surface area contributed by atoms with Gasteiger partial charge in [-0.2, -0.15) is 13.0 Å². The van der Waals surface area contributed by atoms with Crippen molar-refractivity contribution in [3.63, 3.8) is 0 Å². The molecule has 3 aromatic rings. The lowest BCUT2D eigenvalue weighted by Gasteiger charge is -2.37. The van der Waals surface area contributed by atoms with Crippen LogP contribution in [0.2, 0.25) is 0 Å². The molecule has 1 saturated heterocycles. The van der Waals surface area contributed by atoms with Crippen LogP contribution in [0.1, 0.15) is 95.6 Å². The number of ether oxygens (including phenoxy) is 4. The van der Waals surface area contributed by atoms with Crippen molar-refractivity contribution in [2.24, 2.45) is 0 Å². The first-order chi connectivity index (χ1) is 34.0. The minimum absolute atomic E-state index is 0.141. The lowest BCUT2D eigenvalue weighted by molar-refractivity contribution is -0.438. The Morgan fingerprint density at radius 2 is 1.42 bits per heavy atom. The lowest BCUT2D eigenvalue weighted by Crippen LogP contribution is -2.34. The number of unbranched alkanes of at least 4 members (excludes halogenated alkanes) is 2. The van der Waals surface area contributed by atoms with Crippen LogP contribution in [0, 0.1) is 0 Å². The van der Waals surface area contributed by atoms with Gasteiger partial charge in [-0.05, 0) is 98.7 Å². The summed E-state index contributed by atoms with van der Waals surface area (Å²) in [6.07, 6.45) is 14.1. The number of methoxy groups -OCH3 is 2. The standard InChI is InChI=1S/C53H68N4O12S2/c1-52(2)44-37-43(71(63,64)65)20-22-46(44)55(28-10-5-7-12-41(58)38-57-50(59)23-24-51(57)60)48(52)13-11-14-49-53(25-8-6-9-26-53)45-36-40(17-21-47(45)56(49)29-31-69-35-33-67-4)39-15-18-42(19-16-39)70(61,62)54-27-30-68-34-32-66-3/h11,13-22,36-37,54H,5-10,12,23-35,38H2,1-4H3/p+1. The van der Waals surface area contributed by atoms with Gasteiger partial charge < -0.3 is 23.8 Å². The van der Waals surface area contributed by atoms with Crippen molar-refractivity contribution in [1.82, 2.24) is 9.62 Å². The van der Waals surface area contributed by atoms with E-state index in [0.717, 1.165) is 76.5 Å². The SMILES string of the molecule is COCCOCCNS(=O)(=O)c1ccc(-c2ccc3c(c2)C2(CCCCC2)C(=CC=CC2=[N+](CCCCCC(=O)CN4C(=O)CCC4=O)c4ccc(S(=O)(=O)O)cc4C2(C)C)N3CCOCCOC)cc1. The monoisotopic (exact) mass is 1020 g/mol. The number of anilines is 1. The van der Waals surface area contributed by atoms with Crippen molar-refractivity contribution in [2.45, 2.75) is 105 Å². The smallest absolute Gasteiger partial charge is 0.294 e. The largest absolute Gasteiger partial charge is 0.382 e. The number of nitrogens with zero attached hydrogens (tertiary/aromatic N) is 3. The maximum atomic E-state index is 13.1. The Morgan fingerprint density at radius 1 is 0.761 bits per heavy atom. The molecule has 384 valence electrons. The maximum Gasteiger partial charge on any atom is 0.294 e. The molecule has 71 heavy (non-hydrogen) atoms. The number of carbonyl (C=O) groups is 3. The van der Waals surface area contributed by atoms with E-state index in [-0.39, 0.29) is 71.8 Å². The van der Waals surface area contributed by atoms with Gasteiger partial charge in [-0.3, -0.25) is 23.8 Å². The van der Waals surface area contributed by atoms with Gasteiger partial charge in [0.1, 0.15) is 6.54 Å². The van der Waals surface area contributed by atoms with Gasteiger partial charge in [-0.15, -0.1) is 0 Å².